The third-order valence-electron chi connectivity index (χ3n) is 3.22. The second kappa shape index (κ2) is 3.84. The Hall–Kier alpha value is -1.90. The van der Waals surface area contributed by atoms with Crippen LogP contribution in [0.1, 0.15) is 17.2 Å². The summed E-state index contributed by atoms with van der Waals surface area (Å²) in [5, 5.41) is 3.52. The highest BCUT2D eigenvalue weighted by Crippen LogP contribution is 2.35. The van der Waals surface area contributed by atoms with Crippen LogP contribution in [0.25, 0.3) is 0 Å². The fourth-order valence-electron chi connectivity index (χ4n) is 2.37. The second-order valence-corrected chi connectivity index (χ2v) is 4.63. The van der Waals surface area contributed by atoms with E-state index >= 15 is 0 Å². The van der Waals surface area contributed by atoms with E-state index in [0.29, 0.717) is 6.04 Å². The molecule has 3 nitrogen and oxygen atoms in total. The van der Waals surface area contributed by atoms with Crippen molar-refractivity contribution in [3.8, 4) is 0 Å². The van der Waals surface area contributed by atoms with Gasteiger partial charge in [0.2, 0.25) is 5.88 Å². The van der Waals surface area contributed by atoms with E-state index in [2.05, 4.69) is 48.5 Å². The lowest BCUT2D eigenvalue weighted by molar-refractivity contribution is 0.540. The molecule has 1 aromatic heterocycles. The molecule has 0 amide bonds. The van der Waals surface area contributed by atoms with Crippen LogP contribution in [0.2, 0.25) is 0 Å². The first kappa shape index (κ1) is 10.3. The van der Waals surface area contributed by atoms with Crippen molar-refractivity contribution in [2.45, 2.75) is 13.0 Å². The van der Waals surface area contributed by atoms with Crippen LogP contribution < -0.4 is 10.2 Å². The first-order valence-electron chi connectivity index (χ1n) is 5.86. The summed E-state index contributed by atoms with van der Waals surface area (Å²) < 4.78 is 5.44. The van der Waals surface area contributed by atoms with Crippen molar-refractivity contribution in [3.63, 3.8) is 0 Å². The molecule has 1 N–H and O–H groups in total. The zero-order valence-corrected chi connectivity index (χ0v) is 10.1. The highest BCUT2D eigenvalue weighted by atomic mass is 16.3. The van der Waals surface area contributed by atoms with Crippen molar-refractivity contribution in [2.75, 3.05) is 23.8 Å². The molecule has 0 radical (unpaired) electrons. The molecule has 0 aliphatic carbocycles. The van der Waals surface area contributed by atoms with Gasteiger partial charge in [0.1, 0.15) is 0 Å². The third-order valence-corrected chi connectivity index (χ3v) is 3.22. The molecule has 1 aromatic carbocycles. The Morgan fingerprint density at radius 1 is 1.35 bits per heavy atom. The minimum Gasteiger partial charge on any atom is -0.447 e. The van der Waals surface area contributed by atoms with E-state index in [-0.39, 0.29) is 0 Å². The summed E-state index contributed by atoms with van der Waals surface area (Å²) in [6, 6.07) is 10.9. The topological polar surface area (TPSA) is 28.4 Å². The minimum absolute atomic E-state index is 0.324. The van der Waals surface area contributed by atoms with Crippen molar-refractivity contribution in [3.05, 3.63) is 47.7 Å². The highest BCUT2D eigenvalue weighted by Gasteiger charge is 2.24. The van der Waals surface area contributed by atoms with Crippen LogP contribution in [0.5, 0.6) is 0 Å². The standard InChI is InChI=1S/C14H16N2O/c1-10-4-3-5-11(8-10)13-9-16(2)14-12(15-13)6-7-17-14/h3-8,13,15H,9H2,1-2H3. The first-order valence-corrected chi connectivity index (χ1v) is 5.86. The summed E-state index contributed by atoms with van der Waals surface area (Å²) in [6.45, 7) is 3.04. The number of fused-ring (bicyclic) bond motifs is 1. The molecule has 3 heteroatoms. The van der Waals surface area contributed by atoms with Crippen LogP contribution in [-0.2, 0) is 0 Å². The maximum Gasteiger partial charge on any atom is 0.218 e. The molecule has 17 heavy (non-hydrogen) atoms. The van der Waals surface area contributed by atoms with Crippen molar-refractivity contribution >= 4 is 11.6 Å². The first-order chi connectivity index (χ1) is 8.24. The average Bonchev–Trinajstić information content (AvgIpc) is 2.77. The zero-order chi connectivity index (χ0) is 11.8. The number of nitrogens with zero attached hydrogens (tertiary/aromatic N) is 1. The Balaban J connectivity index is 1.93. The van der Waals surface area contributed by atoms with Crippen molar-refractivity contribution in [2.24, 2.45) is 0 Å². The molecule has 2 aromatic rings. The van der Waals surface area contributed by atoms with Gasteiger partial charge in [-0.1, -0.05) is 29.8 Å². The Bertz CT molecular complexity index is 533. The summed E-state index contributed by atoms with van der Waals surface area (Å²) in [6.07, 6.45) is 1.73. The van der Waals surface area contributed by atoms with E-state index in [1.54, 1.807) is 6.26 Å². The van der Waals surface area contributed by atoms with Gasteiger partial charge in [-0.25, -0.2) is 0 Å². The molecule has 1 unspecified atom stereocenters. The van der Waals surface area contributed by atoms with Crippen molar-refractivity contribution < 1.29 is 4.42 Å². The van der Waals surface area contributed by atoms with Gasteiger partial charge in [0.15, 0.2) is 0 Å². The van der Waals surface area contributed by atoms with E-state index in [4.69, 9.17) is 4.42 Å². The summed E-state index contributed by atoms with van der Waals surface area (Å²) in [5.41, 5.74) is 3.69. The molecule has 2 heterocycles. The summed E-state index contributed by atoms with van der Waals surface area (Å²) in [7, 11) is 2.06. The Kier molecular flexibility index (Phi) is 2.32. The van der Waals surface area contributed by atoms with Crippen LogP contribution in [0.3, 0.4) is 0 Å². The van der Waals surface area contributed by atoms with Crippen molar-refractivity contribution in [1.29, 1.82) is 0 Å². The zero-order valence-electron chi connectivity index (χ0n) is 10.1. The number of anilines is 2. The van der Waals surface area contributed by atoms with Crippen molar-refractivity contribution in [1.82, 2.24) is 0 Å². The van der Waals surface area contributed by atoms with Crippen LogP contribution in [0.15, 0.2) is 41.0 Å². The molecule has 0 spiro atoms. The summed E-state index contributed by atoms with van der Waals surface area (Å²) in [5.74, 6) is 0.925. The van der Waals surface area contributed by atoms with Crippen LogP contribution in [0.4, 0.5) is 11.6 Å². The smallest absolute Gasteiger partial charge is 0.218 e. The number of aryl methyl sites for hydroxylation is 1. The van der Waals surface area contributed by atoms with Gasteiger partial charge in [-0.15, -0.1) is 0 Å². The van der Waals surface area contributed by atoms with E-state index in [1.807, 2.05) is 6.07 Å². The minimum atomic E-state index is 0.324. The summed E-state index contributed by atoms with van der Waals surface area (Å²) in [4.78, 5) is 2.15. The number of hydrogen-bond acceptors (Lipinski definition) is 3. The molecule has 0 saturated heterocycles. The monoisotopic (exact) mass is 228 g/mol. The molecule has 1 atom stereocenters. The fourth-order valence-corrected chi connectivity index (χ4v) is 2.37. The number of benzene rings is 1. The average molecular weight is 228 g/mol. The predicted molar refractivity (Wildman–Crippen MR) is 69.5 cm³/mol. The number of furan rings is 1. The SMILES string of the molecule is Cc1cccc(C2CN(C)c3occc3N2)c1. The van der Waals surface area contributed by atoms with Gasteiger partial charge < -0.3 is 14.6 Å². The van der Waals surface area contributed by atoms with Gasteiger partial charge in [-0.05, 0) is 12.5 Å². The third kappa shape index (κ3) is 1.78. The van der Waals surface area contributed by atoms with Gasteiger partial charge in [0.25, 0.3) is 0 Å². The fraction of sp³-hybridized carbons (Fsp3) is 0.286. The molecule has 88 valence electrons. The lowest BCUT2D eigenvalue weighted by Crippen LogP contribution is -2.32. The largest absolute Gasteiger partial charge is 0.447 e. The molecular formula is C14H16N2O. The number of nitrogens with one attached hydrogen (secondary N) is 1. The molecule has 1 aliphatic rings. The molecule has 1 aliphatic heterocycles. The Morgan fingerprint density at radius 3 is 3.06 bits per heavy atom. The second-order valence-electron chi connectivity index (χ2n) is 4.63. The highest BCUT2D eigenvalue weighted by molar-refractivity contribution is 5.67. The van der Waals surface area contributed by atoms with Crippen LogP contribution in [-0.4, -0.2) is 13.6 Å². The lowest BCUT2D eigenvalue weighted by Gasteiger charge is -2.31. The van der Waals surface area contributed by atoms with Gasteiger partial charge in [-0.2, -0.15) is 0 Å². The molecular weight excluding hydrogens is 212 g/mol. The van der Waals surface area contributed by atoms with E-state index < -0.39 is 0 Å². The van der Waals surface area contributed by atoms with Gasteiger partial charge in [-0.3, -0.25) is 0 Å². The lowest BCUT2D eigenvalue weighted by atomic mass is 10.0. The molecule has 0 fully saturated rings. The van der Waals surface area contributed by atoms with E-state index in [1.165, 1.54) is 11.1 Å². The summed E-state index contributed by atoms with van der Waals surface area (Å²) >= 11 is 0. The molecule has 0 saturated carbocycles. The van der Waals surface area contributed by atoms with E-state index in [9.17, 15) is 0 Å². The number of rotatable bonds is 1. The Morgan fingerprint density at radius 2 is 2.24 bits per heavy atom. The molecule has 3 rings (SSSR count). The quantitative estimate of drug-likeness (QED) is 0.812. The van der Waals surface area contributed by atoms with Gasteiger partial charge in [0, 0.05) is 19.7 Å². The van der Waals surface area contributed by atoms with E-state index in [0.717, 1.165) is 18.1 Å². The van der Waals surface area contributed by atoms with Crippen LogP contribution >= 0.6 is 0 Å². The normalized spacial score (nSPS) is 18.7. The number of hydrogen-bond donors (Lipinski definition) is 1. The van der Waals surface area contributed by atoms with Gasteiger partial charge >= 0.3 is 0 Å². The maximum absolute atomic E-state index is 5.44. The van der Waals surface area contributed by atoms with Gasteiger partial charge in [0.05, 0.1) is 18.0 Å². The predicted octanol–water partition coefficient (Wildman–Crippen LogP) is 3.19. The Labute approximate surface area is 101 Å². The number of likely N-dealkylation sites (N-methyl/N-ethyl adjacent to an activating group) is 1. The molecule has 0 bridgehead atoms. The van der Waals surface area contributed by atoms with Crippen LogP contribution in [0, 0.1) is 6.92 Å². The maximum atomic E-state index is 5.44.